The highest BCUT2D eigenvalue weighted by molar-refractivity contribution is 9.10. The molecule has 0 spiro atoms. The number of nitrogens with zero attached hydrogens (tertiary/aromatic N) is 1. The number of nitrogens with one attached hydrogen (secondary N) is 1. The molecule has 0 aliphatic carbocycles. The summed E-state index contributed by atoms with van der Waals surface area (Å²) in [5, 5.41) is 0. The highest BCUT2D eigenvalue weighted by Crippen LogP contribution is 2.18. The van der Waals surface area contributed by atoms with Crippen LogP contribution in [0.1, 0.15) is 5.69 Å². The van der Waals surface area contributed by atoms with Crippen LogP contribution in [-0.2, 0) is 6.42 Å². The molecular weight excluding hydrogens is 282 g/mol. The van der Waals surface area contributed by atoms with Gasteiger partial charge in [0, 0.05) is 28.2 Å². The zero-order chi connectivity index (χ0) is 12.3. The summed E-state index contributed by atoms with van der Waals surface area (Å²) in [5.41, 5.74) is 6.89. The summed E-state index contributed by atoms with van der Waals surface area (Å²) in [6.45, 7) is 0.481. The van der Waals surface area contributed by atoms with Gasteiger partial charge in [-0.2, -0.15) is 0 Å². The van der Waals surface area contributed by atoms with E-state index in [0.29, 0.717) is 24.5 Å². The molecular formula is C12H12BrN3O. The molecule has 0 bridgehead atoms. The SMILES string of the molecule is NCCc1cc(=O)[nH]c(-c2cccc(Br)c2)n1. The predicted octanol–water partition coefficient (Wildman–Crippen LogP) is 1.70. The molecule has 2 aromatic rings. The maximum absolute atomic E-state index is 11.5. The van der Waals surface area contributed by atoms with Crippen molar-refractivity contribution in [1.82, 2.24) is 9.97 Å². The third-order valence-electron chi connectivity index (χ3n) is 2.29. The Bertz CT molecular complexity index is 580. The van der Waals surface area contributed by atoms with Gasteiger partial charge in [0.1, 0.15) is 5.82 Å². The first-order valence-corrected chi connectivity index (χ1v) is 6.04. The van der Waals surface area contributed by atoms with E-state index >= 15 is 0 Å². The Morgan fingerprint density at radius 2 is 2.18 bits per heavy atom. The molecule has 0 radical (unpaired) electrons. The van der Waals surface area contributed by atoms with E-state index in [9.17, 15) is 4.79 Å². The third-order valence-corrected chi connectivity index (χ3v) is 2.79. The quantitative estimate of drug-likeness (QED) is 0.905. The van der Waals surface area contributed by atoms with Crippen LogP contribution in [0, 0.1) is 0 Å². The summed E-state index contributed by atoms with van der Waals surface area (Å²) >= 11 is 3.39. The third kappa shape index (κ3) is 3.01. The zero-order valence-electron chi connectivity index (χ0n) is 9.11. The molecule has 1 heterocycles. The summed E-state index contributed by atoms with van der Waals surface area (Å²) < 4.78 is 0.946. The van der Waals surface area contributed by atoms with Crippen molar-refractivity contribution < 1.29 is 0 Å². The van der Waals surface area contributed by atoms with Crippen LogP contribution in [0.5, 0.6) is 0 Å². The van der Waals surface area contributed by atoms with Gasteiger partial charge in [-0.25, -0.2) is 4.98 Å². The van der Waals surface area contributed by atoms with Crippen LogP contribution in [0.4, 0.5) is 0 Å². The lowest BCUT2D eigenvalue weighted by molar-refractivity contribution is 0.905. The van der Waals surface area contributed by atoms with Gasteiger partial charge in [0.05, 0.1) is 0 Å². The van der Waals surface area contributed by atoms with Crippen molar-refractivity contribution in [3.63, 3.8) is 0 Å². The van der Waals surface area contributed by atoms with E-state index in [4.69, 9.17) is 5.73 Å². The fraction of sp³-hybridized carbons (Fsp3) is 0.167. The Morgan fingerprint density at radius 1 is 1.35 bits per heavy atom. The summed E-state index contributed by atoms with van der Waals surface area (Å²) in [7, 11) is 0. The van der Waals surface area contributed by atoms with E-state index in [-0.39, 0.29) is 5.56 Å². The monoisotopic (exact) mass is 293 g/mol. The van der Waals surface area contributed by atoms with Crippen LogP contribution in [-0.4, -0.2) is 16.5 Å². The molecule has 0 unspecified atom stereocenters. The van der Waals surface area contributed by atoms with Crippen molar-refractivity contribution in [2.75, 3.05) is 6.54 Å². The number of aromatic nitrogens is 2. The summed E-state index contributed by atoms with van der Waals surface area (Å²) in [4.78, 5) is 18.6. The van der Waals surface area contributed by atoms with Crippen molar-refractivity contribution >= 4 is 15.9 Å². The second-order valence-corrected chi connectivity index (χ2v) is 4.55. The highest BCUT2D eigenvalue weighted by atomic mass is 79.9. The van der Waals surface area contributed by atoms with Gasteiger partial charge in [0.2, 0.25) is 0 Å². The Kier molecular flexibility index (Phi) is 3.71. The highest BCUT2D eigenvalue weighted by Gasteiger charge is 2.04. The van der Waals surface area contributed by atoms with Crippen LogP contribution in [0.25, 0.3) is 11.4 Å². The number of rotatable bonds is 3. The summed E-state index contributed by atoms with van der Waals surface area (Å²) in [6, 6.07) is 9.11. The summed E-state index contributed by atoms with van der Waals surface area (Å²) in [6.07, 6.45) is 0.602. The van der Waals surface area contributed by atoms with Gasteiger partial charge in [-0.3, -0.25) is 4.79 Å². The molecule has 3 N–H and O–H groups in total. The lowest BCUT2D eigenvalue weighted by Crippen LogP contribution is -2.13. The largest absolute Gasteiger partial charge is 0.330 e. The van der Waals surface area contributed by atoms with Crippen molar-refractivity contribution in [2.45, 2.75) is 6.42 Å². The van der Waals surface area contributed by atoms with Gasteiger partial charge in [-0.1, -0.05) is 28.1 Å². The molecule has 4 nitrogen and oxygen atoms in total. The predicted molar refractivity (Wildman–Crippen MR) is 70.8 cm³/mol. The van der Waals surface area contributed by atoms with Crippen LogP contribution in [0.3, 0.4) is 0 Å². The van der Waals surface area contributed by atoms with Crippen LogP contribution in [0.2, 0.25) is 0 Å². The maximum atomic E-state index is 11.5. The van der Waals surface area contributed by atoms with Gasteiger partial charge in [0.25, 0.3) is 5.56 Å². The molecule has 0 amide bonds. The van der Waals surface area contributed by atoms with Crippen LogP contribution < -0.4 is 11.3 Å². The number of nitrogens with two attached hydrogens (primary N) is 1. The molecule has 17 heavy (non-hydrogen) atoms. The topological polar surface area (TPSA) is 71.8 Å². The molecule has 0 saturated heterocycles. The smallest absolute Gasteiger partial charge is 0.251 e. The van der Waals surface area contributed by atoms with Gasteiger partial charge in [-0.15, -0.1) is 0 Å². The minimum atomic E-state index is -0.154. The Labute approximate surface area is 107 Å². The van der Waals surface area contributed by atoms with Crippen molar-refractivity contribution in [2.24, 2.45) is 5.73 Å². The van der Waals surface area contributed by atoms with E-state index in [1.165, 1.54) is 6.07 Å². The Morgan fingerprint density at radius 3 is 2.88 bits per heavy atom. The lowest BCUT2D eigenvalue weighted by atomic mass is 10.2. The Hall–Kier alpha value is -1.46. The van der Waals surface area contributed by atoms with E-state index in [1.807, 2.05) is 24.3 Å². The first kappa shape index (κ1) is 12.0. The van der Waals surface area contributed by atoms with Crippen molar-refractivity contribution in [3.05, 3.63) is 50.9 Å². The average Bonchev–Trinajstić information content (AvgIpc) is 2.28. The lowest BCUT2D eigenvalue weighted by Gasteiger charge is -2.04. The van der Waals surface area contributed by atoms with Crippen LogP contribution in [0.15, 0.2) is 39.6 Å². The van der Waals surface area contributed by atoms with E-state index in [2.05, 4.69) is 25.9 Å². The number of benzene rings is 1. The van der Waals surface area contributed by atoms with Gasteiger partial charge in [-0.05, 0) is 18.7 Å². The molecule has 1 aromatic carbocycles. The molecule has 5 heteroatoms. The van der Waals surface area contributed by atoms with E-state index in [0.717, 1.165) is 10.0 Å². The van der Waals surface area contributed by atoms with Crippen molar-refractivity contribution in [3.8, 4) is 11.4 Å². The number of aromatic amines is 1. The van der Waals surface area contributed by atoms with Gasteiger partial charge < -0.3 is 10.7 Å². The summed E-state index contributed by atoms with van der Waals surface area (Å²) in [5.74, 6) is 0.572. The minimum Gasteiger partial charge on any atom is -0.330 e. The Balaban J connectivity index is 2.48. The molecule has 1 aromatic heterocycles. The maximum Gasteiger partial charge on any atom is 0.251 e. The molecule has 0 atom stereocenters. The number of hydrogen-bond donors (Lipinski definition) is 2. The first-order chi connectivity index (χ1) is 8.19. The van der Waals surface area contributed by atoms with E-state index < -0.39 is 0 Å². The molecule has 0 aliphatic rings. The van der Waals surface area contributed by atoms with Crippen LogP contribution >= 0.6 is 15.9 Å². The fourth-order valence-corrected chi connectivity index (χ4v) is 1.96. The molecule has 0 aliphatic heterocycles. The fourth-order valence-electron chi connectivity index (χ4n) is 1.56. The zero-order valence-corrected chi connectivity index (χ0v) is 10.7. The first-order valence-electron chi connectivity index (χ1n) is 5.25. The minimum absolute atomic E-state index is 0.154. The van der Waals surface area contributed by atoms with E-state index in [1.54, 1.807) is 0 Å². The average molecular weight is 294 g/mol. The number of halogens is 1. The standard InChI is InChI=1S/C12H12BrN3O/c13-9-3-1-2-8(6-9)12-15-10(4-5-14)7-11(17)16-12/h1-3,6-7H,4-5,14H2,(H,15,16,17). The molecule has 2 rings (SSSR count). The second kappa shape index (κ2) is 5.25. The second-order valence-electron chi connectivity index (χ2n) is 3.63. The van der Waals surface area contributed by atoms with Gasteiger partial charge >= 0.3 is 0 Å². The molecule has 0 fully saturated rings. The molecule has 88 valence electrons. The van der Waals surface area contributed by atoms with Crippen molar-refractivity contribution in [1.29, 1.82) is 0 Å². The number of hydrogen-bond acceptors (Lipinski definition) is 3. The van der Waals surface area contributed by atoms with Gasteiger partial charge in [0.15, 0.2) is 0 Å². The number of H-pyrrole nitrogens is 1. The normalized spacial score (nSPS) is 10.5. The molecule has 0 saturated carbocycles.